The number of nitrogens with zero attached hydrogens (tertiary/aromatic N) is 1. The zero-order valence-electron chi connectivity index (χ0n) is 15.3. The van der Waals surface area contributed by atoms with Crippen molar-refractivity contribution >= 4 is 19.2 Å². The Kier molecular flexibility index (Phi) is 4.68. The highest BCUT2D eigenvalue weighted by molar-refractivity contribution is 7.55. The molecule has 2 aliphatic heterocycles. The van der Waals surface area contributed by atoms with Crippen LogP contribution in [0.3, 0.4) is 0 Å². The summed E-state index contributed by atoms with van der Waals surface area (Å²) in [6, 6.07) is 17.2. The fraction of sp³-hybridized carbons (Fsp3) is 0.350. The van der Waals surface area contributed by atoms with Gasteiger partial charge in [0.25, 0.3) is 5.91 Å². The lowest BCUT2D eigenvalue weighted by atomic mass is 10.0. The number of amides is 1. The van der Waals surface area contributed by atoms with Crippen LogP contribution in [0.5, 0.6) is 0 Å². The van der Waals surface area contributed by atoms with Gasteiger partial charge in [-0.25, -0.2) is 0 Å². The molecule has 0 saturated carbocycles. The van der Waals surface area contributed by atoms with Crippen LogP contribution < -0.4 is 4.90 Å². The Labute approximate surface area is 158 Å². The highest BCUT2D eigenvalue weighted by Gasteiger charge is 2.76. The number of anilines is 1. The van der Waals surface area contributed by atoms with Crippen molar-refractivity contribution < 1.29 is 23.1 Å². The zero-order chi connectivity index (χ0) is 19.1. The van der Waals surface area contributed by atoms with Crippen LogP contribution in [0.1, 0.15) is 25.0 Å². The van der Waals surface area contributed by atoms with Crippen molar-refractivity contribution in [1.82, 2.24) is 0 Å². The molecule has 4 rings (SSSR count). The fourth-order valence-electron chi connectivity index (χ4n) is 3.69. The topological polar surface area (TPSA) is 68.4 Å². The monoisotopic (exact) mass is 387 g/mol. The number of hydrogen-bond donors (Lipinski definition) is 0. The molecule has 142 valence electrons. The molecule has 0 radical (unpaired) electrons. The third kappa shape index (κ3) is 2.84. The van der Waals surface area contributed by atoms with Gasteiger partial charge in [-0.1, -0.05) is 48.5 Å². The van der Waals surface area contributed by atoms with Crippen LogP contribution in [0.2, 0.25) is 0 Å². The predicted molar refractivity (Wildman–Crippen MR) is 101 cm³/mol. The van der Waals surface area contributed by atoms with Gasteiger partial charge in [-0.2, -0.15) is 0 Å². The summed E-state index contributed by atoms with van der Waals surface area (Å²) >= 11 is 0. The molecule has 1 fully saturated rings. The average Bonchev–Trinajstić information content (AvgIpc) is 3.40. The Morgan fingerprint density at radius 2 is 1.67 bits per heavy atom. The lowest BCUT2D eigenvalue weighted by molar-refractivity contribution is -0.123. The second kappa shape index (κ2) is 6.88. The first-order valence-corrected chi connectivity index (χ1v) is 10.7. The van der Waals surface area contributed by atoms with E-state index < -0.39 is 19.0 Å². The second-order valence-electron chi connectivity index (χ2n) is 6.48. The van der Waals surface area contributed by atoms with Crippen LogP contribution in [0, 0.1) is 0 Å². The van der Waals surface area contributed by atoms with Gasteiger partial charge in [0.15, 0.2) is 0 Å². The molecule has 1 amide bonds. The van der Waals surface area contributed by atoms with E-state index in [-0.39, 0.29) is 19.1 Å². The molecule has 2 aliphatic rings. The molecule has 0 bridgehead atoms. The van der Waals surface area contributed by atoms with E-state index in [1.54, 1.807) is 18.7 Å². The summed E-state index contributed by atoms with van der Waals surface area (Å²) in [6.45, 7) is 4.34. The SMILES string of the molecule is CCOP(=O)(OCC)[C@@H]1O[C@@]12C(=O)N(Cc1ccccc1)c1ccccc12. The Hall–Kier alpha value is -1.98. The number of carbonyl (C=O) groups excluding carboxylic acids is 1. The van der Waals surface area contributed by atoms with Crippen LogP contribution in [-0.4, -0.2) is 25.0 Å². The molecule has 2 atom stereocenters. The Balaban J connectivity index is 1.71. The largest absolute Gasteiger partial charge is 0.363 e. The number of ether oxygens (including phenoxy) is 1. The zero-order valence-corrected chi connectivity index (χ0v) is 16.2. The second-order valence-corrected chi connectivity index (χ2v) is 8.54. The standard InChI is InChI=1S/C20H22NO5P/c1-3-24-27(23,25-4-2)19-20(26-19)16-12-8-9-13-17(16)21(18(20)22)14-15-10-6-5-7-11-15/h5-13,19H,3-4,14H2,1-2H3/t19-,20-/m0/s1. The summed E-state index contributed by atoms with van der Waals surface area (Å²) in [7, 11) is -3.57. The van der Waals surface area contributed by atoms with Gasteiger partial charge in [-0.15, -0.1) is 0 Å². The quantitative estimate of drug-likeness (QED) is 0.530. The number of rotatable bonds is 7. The maximum atomic E-state index is 13.4. The first-order chi connectivity index (χ1) is 13.1. The van der Waals surface area contributed by atoms with E-state index in [1.807, 2.05) is 54.6 Å². The van der Waals surface area contributed by atoms with Crippen molar-refractivity contribution in [2.24, 2.45) is 0 Å². The first-order valence-electron chi connectivity index (χ1n) is 9.09. The number of benzene rings is 2. The van der Waals surface area contributed by atoms with E-state index >= 15 is 0 Å². The van der Waals surface area contributed by atoms with Crippen molar-refractivity contribution in [3.63, 3.8) is 0 Å². The molecule has 2 aromatic carbocycles. The molecule has 2 aromatic rings. The molecular weight excluding hydrogens is 365 g/mol. The van der Waals surface area contributed by atoms with E-state index in [0.717, 1.165) is 16.8 Å². The molecule has 1 saturated heterocycles. The van der Waals surface area contributed by atoms with Gasteiger partial charge in [0.05, 0.1) is 25.4 Å². The summed E-state index contributed by atoms with van der Waals surface area (Å²) in [5.41, 5.74) is 1.21. The van der Waals surface area contributed by atoms with Gasteiger partial charge >= 0.3 is 7.60 Å². The van der Waals surface area contributed by atoms with Gasteiger partial charge in [-0.3, -0.25) is 9.36 Å². The summed E-state index contributed by atoms with van der Waals surface area (Å²) in [4.78, 5) is 15.1. The number of para-hydroxylation sites is 1. The van der Waals surface area contributed by atoms with Gasteiger partial charge in [-0.05, 0) is 25.5 Å². The predicted octanol–water partition coefficient (Wildman–Crippen LogP) is 4.05. The average molecular weight is 387 g/mol. The fourth-order valence-corrected chi connectivity index (χ4v) is 5.74. The molecule has 2 heterocycles. The van der Waals surface area contributed by atoms with Gasteiger partial charge in [0.2, 0.25) is 11.4 Å². The molecule has 6 nitrogen and oxygen atoms in total. The summed E-state index contributed by atoms with van der Waals surface area (Å²) in [6.07, 6.45) is 0. The van der Waals surface area contributed by atoms with Crippen molar-refractivity contribution in [2.45, 2.75) is 31.8 Å². The summed E-state index contributed by atoms with van der Waals surface area (Å²) < 4.78 is 29.9. The molecule has 7 heteroatoms. The minimum Gasteiger partial charge on any atom is -0.337 e. The third-order valence-electron chi connectivity index (χ3n) is 4.83. The maximum Gasteiger partial charge on any atom is 0.363 e. The summed E-state index contributed by atoms with van der Waals surface area (Å²) in [5.74, 6) is -1.14. The van der Waals surface area contributed by atoms with E-state index in [1.165, 1.54) is 0 Å². The minimum atomic E-state index is -3.57. The maximum absolute atomic E-state index is 13.4. The lowest BCUT2D eigenvalue weighted by Crippen LogP contribution is -2.33. The molecule has 0 aromatic heterocycles. The smallest absolute Gasteiger partial charge is 0.337 e. The normalized spacial score (nSPS) is 23.7. The van der Waals surface area contributed by atoms with Crippen molar-refractivity contribution in [3.05, 3.63) is 65.7 Å². The Morgan fingerprint density at radius 1 is 1.04 bits per heavy atom. The Bertz CT molecular complexity index is 892. The number of carbonyl (C=O) groups is 1. The van der Waals surface area contributed by atoms with E-state index in [9.17, 15) is 9.36 Å². The highest BCUT2D eigenvalue weighted by atomic mass is 31.2. The molecule has 27 heavy (non-hydrogen) atoms. The molecule has 0 unspecified atom stereocenters. The van der Waals surface area contributed by atoms with Crippen molar-refractivity contribution in [3.8, 4) is 0 Å². The number of epoxide rings is 1. The number of fused-ring (bicyclic) bond motifs is 2. The van der Waals surface area contributed by atoms with Gasteiger partial charge in [0, 0.05) is 5.56 Å². The van der Waals surface area contributed by atoms with Crippen LogP contribution in [0.15, 0.2) is 54.6 Å². The van der Waals surface area contributed by atoms with Gasteiger partial charge in [0.1, 0.15) is 0 Å². The van der Waals surface area contributed by atoms with E-state index in [4.69, 9.17) is 13.8 Å². The molecule has 0 aliphatic carbocycles. The first kappa shape index (κ1) is 18.4. The van der Waals surface area contributed by atoms with Crippen molar-refractivity contribution in [2.75, 3.05) is 18.1 Å². The Morgan fingerprint density at radius 3 is 2.33 bits per heavy atom. The molecule has 1 spiro atoms. The highest BCUT2D eigenvalue weighted by Crippen LogP contribution is 2.72. The van der Waals surface area contributed by atoms with Crippen LogP contribution in [0.25, 0.3) is 0 Å². The number of hydrogen-bond acceptors (Lipinski definition) is 5. The lowest BCUT2D eigenvalue weighted by Gasteiger charge is -2.18. The van der Waals surface area contributed by atoms with Crippen molar-refractivity contribution in [1.29, 1.82) is 0 Å². The summed E-state index contributed by atoms with van der Waals surface area (Å²) in [5, 5.41) is 0. The van der Waals surface area contributed by atoms with Gasteiger partial charge < -0.3 is 18.7 Å². The minimum absolute atomic E-state index is 0.219. The molecular formula is C20H22NO5P. The van der Waals surface area contributed by atoms with E-state index in [0.29, 0.717) is 6.54 Å². The van der Waals surface area contributed by atoms with E-state index in [2.05, 4.69) is 0 Å². The van der Waals surface area contributed by atoms with Crippen LogP contribution in [0.4, 0.5) is 5.69 Å². The van der Waals surface area contributed by atoms with Crippen LogP contribution >= 0.6 is 7.60 Å². The third-order valence-corrected chi connectivity index (χ3v) is 7.11. The van der Waals surface area contributed by atoms with Crippen LogP contribution in [-0.2, 0) is 35.3 Å². The molecule has 0 N–H and O–H groups in total.